The average molecular weight is 417 g/mol. The predicted molar refractivity (Wildman–Crippen MR) is 87.1 cm³/mol. The maximum Gasteiger partial charge on any atom is 0.237 e. The van der Waals surface area contributed by atoms with Gasteiger partial charge in [0.15, 0.2) is 0 Å². The monoisotopic (exact) mass is 415 g/mol. The lowest BCUT2D eigenvalue weighted by atomic mass is 9.81. The van der Waals surface area contributed by atoms with Gasteiger partial charge in [-0.3, -0.25) is 14.5 Å². The van der Waals surface area contributed by atoms with Crippen molar-refractivity contribution in [1.82, 2.24) is 0 Å². The van der Waals surface area contributed by atoms with Crippen molar-refractivity contribution in [2.24, 2.45) is 11.8 Å². The Morgan fingerprint density at radius 2 is 1.48 bits per heavy atom. The molecule has 1 aromatic carbocycles. The fourth-order valence-corrected chi connectivity index (χ4v) is 4.32. The number of benzene rings is 1. The molecule has 0 spiro atoms. The van der Waals surface area contributed by atoms with E-state index in [1.54, 1.807) is 31.4 Å². The number of fused-ring (bicyclic) bond motifs is 1. The fourth-order valence-electron chi connectivity index (χ4n) is 3.08. The van der Waals surface area contributed by atoms with Crippen LogP contribution in [0.4, 0.5) is 5.69 Å². The summed E-state index contributed by atoms with van der Waals surface area (Å²) in [6.07, 6.45) is 1.38. The molecule has 6 heteroatoms. The summed E-state index contributed by atoms with van der Waals surface area (Å²) >= 11 is 7.17. The highest BCUT2D eigenvalue weighted by Crippen LogP contribution is 2.44. The van der Waals surface area contributed by atoms with E-state index in [1.165, 1.54) is 4.90 Å². The number of alkyl halides is 2. The Morgan fingerprint density at radius 1 is 1.00 bits per heavy atom. The van der Waals surface area contributed by atoms with Crippen LogP contribution in [0.3, 0.4) is 0 Å². The van der Waals surface area contributed by atoms with Gasteiger partial charge >= 0.3 is 0 Å². The van der Waals surface area contributed by atoms with Gasteiger partial charge in [0, 0.05) is 9.65 Å². The van der Waals surface area contributed by atoms with E-state index in [9.17, 15) is 9.59 Å². The lowest BCUT2D eigenvalue weighted by Gasteiger charge is -2.29. The Kier molecular flexibility index (Phi) is 4.10. The minimum absolute atomic E-state index is 0.0842. The first-order chi connectivity index (χ1) is 10.0. The predicted octanol–water partition coefficient (Wildman–Crippen LogP) is 3.12. The number of rotatable bonds is 2. The number of hydrogen-bond acceptors (Lipinski definition) is 3. The zero-order valence-electron chi connectivity index (χ0n) is 11.5. The molecule has 1 saturated heterocycles. The number of anilines is 1. The molecule has 2 aliphatic rings. The molecule has 3 rings (SSSR count). The molecule has 1 aliphatic heterocycles. The van der Waals surface area contributed by atoms with Crippen LogP contribution in [0.1, 0.15) is 12.8 Å². The summed E-state index contributed by atoms with van der Waals surface area (Å²) < 4.78 is 5.11. The minimum Gasteiger partial charge on any atom is -0.497 e. The number of amides is 2. The molecule has 0 unspecified atom stereocenters. The molecular formula is C15H15Br2NO3. The van der Waals surface area contributed by atoms with Crippen LogP contribution in [-0.2, 0) is 9.59 Å². The van der Waals surface area contributed by atoms with Crippen LogP contribution in [0, 0.1) is 11.8 Å². The molecule has 0 radical (unpaired) electrons. The van der Waals surface area contributed by atoms with Crippen molar-refractivity contribution >= 4 is 49.4 Å². The molecule has 2 amide bonds. The van der Waals surface area contributed by atoms with Gasteiger partial charge in [0.25, 0.3) is 0 Å². The Hall–Kier alpha value is -0.880. The standard InChI is InChI=1S/C15H15Br2NO3/c1-21-9-4-2-8(3-5-9)18-14(19)10-6-12(16)13(17)7-11(10)15(18)20/h2-5,10-13H,6-7H2,1H3/t10-,11+,12+,13-. The molecule has 0 aromatic heterocycles. The highest BCUT2D eigenvalue weighted by Gasteiger charge is 2.52. The van der Waals surface area contributed by atoms with Crippen LogP contribution in [0.25, 0.3) is 0 Å². The van der Waals surface area contributed by atoms with Crippen molar-refractivity contribution < 1.29 is 14.3 Å². The summed E-state index contributed by atoms with van der Waals surface area (Å²) in [5.41, 5.74) is 0.623. The van der Waals surface area contributed by atoms with Gasteiger partial charge in [0.1, 0.15) is 5.75 Å². The summed E-state index contributed by atoms with van der Waals surface area (Å²) in [5.74, 6) is 0.116. The summed E-state index contributed by atoms with van der Waals surface area (Å²) in [6, 6.07) is 7.03. The van der Waals surface area contributed by atoms with E-state index in [1.807, 2.05) is 0 Å². The molecule has 112 valence electrons. The van der Waals surface area contributed by atoms with Crippen molar-refractivity contribution in [1.29, 1.82) is 0 Å². The van der Waals surface area contributed by atoms with Gasteiger partial charge in [-0.25, -0.2) is 0 Å². The third-order valence-corrected chi connectivity index (χ3v) is 6.98. The molecule has 4 nitrogen and oxygen atoms in total. The van der Waals surface area contributed by atoms with Gasteiger partial charge in [0.05, 0.1) is 24.6 Å². The summed E-state index contributed by atoms with van der Waals surface area (Å²) in [7, 11) is 1.59. The lowest BCUT2D eigenvalue weighted by molar-refractivity contribution is -0.122. The molecule has 0 N–H and O–H groups in total. The third kappa shape index (κ3) is 2.52. The van der Waals surface area contributed by atoms with Gasteiger partial charge < -0.3 is 4.74 Å². The third-order valence-electron chi connectivity index (χ3n) is 4.24. The quantitative estimate of drug-likeness (QED) is 0.549. The minimum atomic E-state index is -0.210. The van der Waals surface area contributed by atoms with E-state index in [0.29, 0.717) is 24.3 Å². The van der Waals surface area contributed by atoms with Gasteiger partial charge in [-0.1, -0.05) is 31.9 Å². The first-order valence-corrected chi connectivity index (χ1v) is 8.66. The van der Waals surface area contributed by atoms with Gasteiger partial charge in [-0.2, -0.15) is 0 Å². The molecule has 1 saturated carbocycles. The van der Waals surface area contributed by atoms with Gasteiger partial charge in [-0.05, 0) is 37.1 Å². The maximum atomic E-state index is 12.6. The second kappa shape index (κ2) is 5.72. The fraction of sp³-hybridized carbons (Fsp3) is 0.467. The van der Waals surface area contributed by atoms with Crippen molar-refractivity contribution in [3.05, 3.63) is 24.3 Å². The Morgan fingerprint density at radius 3 is 1.90 bits per heavy atom. The summed E-state index contributed by atoms with van der Waals surface area (Å²) in [5, 5.41) is 0. The van der Waals surface area contributed by atoms with Crippen LogP contribution in [0.15, 0.2) is 24.3 Å². The number of halogens is 2. The van der Waals surface area contributed by atoms with Gasteiger partial charge in [0.2, 0.25) is 11.8 Å². The lowest BCUT2D eigenvalue weighted by Crippen LogP contribution is -2.34. The van der Waals surface area contributed by atoms with E-state index in [-0.39, 0.29) is 33.3 Å². The molecule has 1 aromatic rings. The number of carbonyl (C=O) groups excluding carboxylic acids is 2. The van der Waals surface area contributed by atoms with Crippen LogP contribution < -0.4 is 9.64 Å². The van der Waals surface area contributed by atoms with Crippen LogP contribution in [0.2, 0.25) is 0 Å². The summed E-state index contributed by atoms with van der Waals surface area (Å²) in [4.78, 5) is 27.0. The molecule has 2 fully saturated rings. The molecule has 4 atom stereocenters. The summed E-state index contributed by atoms with van der Waals surface area (Å²) in [6.45, 7) is 0. The first-order valence-electron chi connectivity index (χ1n) is 6.83. The van der Waals surface area contributed by atoms with Crippen molar-refractivity contribution in [2.45, 2.75) is 22.5 Å². The normalized spacial score (nSPS) is 32.2. The van der Waals surface area contributed by atoms with E-state index < -0.39 is 0 Å². The van der Waals surface area contributed by atoms with Gasteiger partial charge in [-0.15, -0.1) is 0 Å². The zero-order chi connectivity index (χ0) is 15.1. The Balaban J connectivity index is 1.89. The molecular weight excluding hydrogens is 402 g/mol. The molecule has 0 bridgehead atoms. The Labute approximate surface area is 140 Å². The number of hydrogen-bond donors (Lipinski definition) is 0. The van der Waals surface area contributed by atoms with E-state index in [2.05, 4.69) is 31.9 Å². The largest absolute Gasteiger partial charge is 0.497 e. The highest BCUT2D eigenvalue weighted by atomic mass is 79.9. The van der Waals surface area contributed by atoms with Crippen molar-refractivity contribution in [2.75, 3.05) is 12.0 Å². The maximum absolute atomic E-state index is 12.6. The van der Waals surface area contributed by atoms with Crippen molar-refractivity contribution in [3.63, 3.8) is 0 Å². The van der Waals surface area contributed by atoms with E-state index >= 15 is 0 Å². The zero-order valence-corrected chi connectivity index (χ0v) is 14.6. The number of imide groups is 1. The van der Waals surface area contributed by atoms with Crippen molar-refractivity contribution in [3.8, 4) is 5.75 Å². The SMILES string of the molecule is COc1ccc(N2C(=O)[C@H]3C[C@@H](Br)[C@@H](Br)C[C@H]3C2=O)cc1. The van der Waals surface area contributed by atoms with E-state index in [0.717, 1.165) is 0 Å². The smallest absolute Gasteiger partial charge is 0.237 e. The van der Waals surface area contributed by atoms with Crippen LogP contribution in [-0.4, -0.2) is 28.6 Å². The van der Waals surface area contributed by atoms with E-state index in [4.69, 9.17) is 4.74 Å². The molecule has 1 heterocycles. The number of ether oxygens (including phenoxy) is 1. The highest BCUT2D eigenvalue weighted by molar-refractivity contribution is 9.12. The average Bonchev–Trinajstić information content (AvgIpc) is 2.72. The van der Waals surface area contributed by atoms with Crippen LogP contribution >= 0.6 is 31.9 Å². The number of methoxy groups -OCH3 is 1. The Bertz CT molecular complexity index is 547. The second-order valence-corrected chi connectivity index (χ2v) is 7.78. The number of carbonyl (C=O) groups is 2. The molecule has 1 aliphatic carbocycles. The van der Waals surface area contributed by atoms with Crippen LogP contribution in [0.5, 0.6) is 5.75 Å². The molecule has 21 heavy (non-hydrogen) atoms. The number of nitrogens with zero attached hydrogens (tertiary/aromatic N) is 1. The topological polar surface area (TPSA) is 46.6 Å². The second-order valence-electron chi connectivity index (χ2n) is 5.43. The first kappa shape index (κ1) is 15.0.